The summed E-state index contributed by atoms with van der Waals surface area (Å²) < 4.78 is 11.5. The zero-order chi connectivity index (χ0) is 21.6. The molecule has 4 bridgehead atoms. The van der Waals surface area contributed by atoms with E-state index in [4.69, 9.17) is 9.15 Å². The number of nitro groups is 1. The molecule has 0 spiro atoms. The van der Waals surface area contributed by atoms with Gasteiger partial charge in [-0.05, 0) is 99.6 Å². The summed E-state index contributed by atoms with van der Waals surface area (Å²) in [6.45, 7) is 1.90. The lowest BCUT2D eigenvalue weighted by Crippen LogP contribution is -2.49. The summed E-state index contributed by atoms with van der Waals surface area (Å²) in [4.78, 5) is 23.6. The molecule has 4 aliphatic rings. The predicted octanol–water partition coefficient (Wildman–Crippen LogP) is 5.87. The van der Waals surface area contributed by atoms with Crippen molar-refractivity contribution in [1.29, 1.82) is 0 Å². The van der Waals surface area contributed by atoms with E-state index in [9.17, 15) is 14.9 Å². The highest BCUT2D eigenvalue weighted by molar-refractivity contribution is 5.98. The van der Waals surface area contributed by atoms with Crippen molar-refractivity contribution in [3.05, 3.63) is 63.6 Å². The monoisotopic (exact) mass is 421 g/mol. The van der Waals surface area contributed by atoms with Crippen LogP contribution in [0, 0.1) is 40.2 Å². The number of allylic oxidation sites excluding steroid dienone is 1. The Hall–Kier alpha value is -2.89. The number of carbonyl (C=O) groups is 1. The Morgan fingerprint density at radius 3 is 2.45 bits per heavy atom. The molecule has 6 nitrogen and oxygen atoms in total. The normalized spacial score (nSPS) is 28.9. The molecule has 0 N–H and O–H groups in total. The van der Waals surface area contributed by atoms with Crippen molar-refractivity contribution in [3.8, 4) is 5.75 Å². The van der Waals surface area contributed by atoms with Crippen LogP contribution in [-0.4, -0.2) is 10.7 Å². The van der Waals surface area contributed by atoms with Crippen LogP contribution >= 0.6 is 0 Å². The summed E-state index contributed by atoms with van der Waals surface area (Å²) in [5, 5.41) is 10.9. The van der Waals surface area contributed by atoms with E-state index in [-0.39, 0.29) is 23.5 Å². The van der Waals surface area contributed by atoms with Gasteiger partial charge in [-0.25, -0.2) is 0 Å². The van der Waals surface area contributed by atoms with E-state index in [1.807, 2.05) is 12.1 Å². The van der Waals surface area contributed by atoms with Crippen molar-refractivity contribution >= 4 is 17.5 Å². The first kappa shape index (κ1) is 20.0. The van der Waals surface area contributed by atoms with Crippen molar-refractivity contribution < 1.29 is 18.9 Å². The molecule has 0 unspecified atom stereocenters. The maximum absolute atomic E-state index is 13.1. The third-order valence-corrected chi connectivity index (χ3v) is 7.39. The molecule has 1 aromatic heterocycles. The lowest BCUT2D eigenvalue weighted by Gasteiger charge is -2.55. The van der Waals surface area contributed by atoms with Crippen LogP contribution < -0.4 is 4.74 Å². The molecule has 4 aliphatic carbocycles. The minimum atomic E-state index is -0.408. The maximum atomic E-state index is 13.1. The fourth-order valence-electron chi connectivity index (χ4n) is 6.39. The Balaban J connectivity index is 1.20. The van der Waals surface area contributed by atoms with Crippen molar-refractivity contribution in [2.24, 2.45) is 23.2 Å². The summed E-state index contributed by atoms with van der Waals surface area (Å²) in [6.07, 6.45) is 10.7. The van der Waals surface area contributed by atoms with Crippen LogP contribution in [0.2, 0.25) is 0 Å². The number of furan rings is 1. The highest BCUT2D eigenvalue weighted by Gasteiger charge is 2.53. The Labute approximate surface area is 181 Å². The number of hydrogen-bond donors (Lipinski definition) is 0. The molecule has 0 saturated heterocycles. The first-order valence-electron chi connectivity index (χ1n) is 11.1. The van der Waals surface area contributed by atoms with Crippen LogP contribution in [0.25, 0.3) is 6.08 Å². The summed E-state index contributed by atoms with van der Waals surface area (Å²) in [6, 6.07) is 8.33. The summed E-state index contributed by atoms with van der Waals surface area (Å²) >= 11 is 0. The van der Waals surface area contributed by atoms with Crippen LogP contribution in [0.15, 0.2) is 40.8 Å². The van der Waals surface area contributed by atoms with E-state index in [0.717, 1.165) is 37.0 Å². The third kappa shape index (κ3) is 3.91. The smallest absolute Gasteiger partial charge is 0.272 e. The topological polar surface area (TPSA) is 82.6 Å². The van der Waals surface area contributed by atoms with Gasteiger partial charge in [-0.2, -0.15) is 0 Å². The molecule has 6 rings (SSSR count). The SMILES string of the molecule is Cc1cc(OCc2ccc(/C=C/C(=O)C34CC5CC(CC(C5)C3)C4)o2)ccc1[N+](=O)[O-]. The lowest BCUT2D eigenvalue weighted by molar-refractivity contribution is -0.385. The fraction of sp³-hybridized carbons (Fsp3) is 0.480. The second-order valence-corrected chi connectivity index (χ2v) is 9.69. The molecule has 31 heavy (non-hydrogen) atoms. The largest absolute Gasteiger partial charge is 0.486 e. The molecule has 162 valence electrons. The number of ether oxygens (including phenoxy) is 1. The molecule has 0 amide bonds. The van der Waals surface area contributed by atoms with E-state index < -0.39 is 4.92 Å². The number of nitrogens with zero attached hydrogens (tertiary/aromatic N) is 1. The van der Waals surface area contributed by atoms with Gasteiger partial charge >= 0.3 is 0 Å². The molecule has 4 saturated carbocycles. The molecular weight excluding hydrogens is 394 g/mol. The van der Waals surface area contributed by atoms with Crippen LogP contribution in [0.5, 0.6) is 5.75 Å². The number of rotatable bonds is 7. The van der Waals surface area contributed by atoms with Gasteiger partial charge < -0.3 is 9.15 Å². The van der Waals surface area contributed by atoms with E-state index >= 15 is 0 Å². The molecule has 2 aromatic rings. The highest BCUT2D eigenvalue weighted by atomic mass is 16.6. The van der Waals surface area contributed by atoms with Crippen LogP contribution in [-0.2, 0) is 11.4 Å². The highest BCUT2D eigenvalue weighted by Crippen LogP contribution is 2.60. The Kier molecular flexibility index (Phi) is 4.95. The van der Waals surface area contributed by atoms with Crippen molar-refractivity contribution in [1.82, 2.24) is 0 Å². The number of nitro benzene ring substituents is 1. The minimum absolute atomic E-state index is 0.0708. The third-order valence-electron chi connectivity index (χ3n) is 7.39. The van der Waals surface area contributed by atoms with Crippen LogP contribution in [0.1, 0.15) is 55.6 Å². The van der Waals surface area contributed by atoms with Gasteiger partial charge in [-0.15, -0.1) is 0 Å². The van der Waals surface area contributed by atoms with E-state index in [2.05, 4.69) is 0 Å². The zero-order valence-corrected chi connectivity index (χ0v) is 17.7. The van der Waals surface area contributed by atoms with Crippen molar-refractivity contribution in [3.63, 3.8) is 0 Å². The second kappa shape index (κ2) is 7.66. The first-order valence-corrected chi connectivity index (χ1v) is 11.1. The number of carbonyl (C=O) groups excluding carboxylic acids is 1. The molecule has 0 atom stereocenters. The zero-order valence-electron chi connectivity index (χ0n) is 17.7. The molecule has 1 heterocycles. The second-order valence-electron chi connectivity index (χ2n) is 9.69. The summed E-state index contributed by atoms with van der Waals surface area (Å²) in [5.74, 6) is 4.34. The Morgan fingerprint density at radius 1 is 1.16 bits per heavy atom. The molecule has 4 fully saturated rings. The van der Waals surface area contributed by atoms with Crippen LogP contribution in [0.4, 0.5) is 5.69 Å². The van der Waals surface area contributed by atoms with Gasteiger partial charge in [0.25, 0.3) is 5.69 Å². The quantitative estimate of drug-likeness (QED) is 0.317. The van der Waals surface area contributed by atoms with Gasteiger partial charge in [-0.1, -0.05) is 0 Å². The predicted molar refractivity (Wildman–Crippen MR) is 116 cm³/mol. The average molecular weight is 421 g/mol. The van der Waals surface area contributed by atoms with E-state index in [1.54, 1.807) is 31.2 Å². The molecule has 1 aromatic carbocycles. The summed E-state index contributed by atoms with van der Waals surface area (Å²) in [7, 11) is 0. The minimum Gasteiger partial charge on any atom is -0.486 e. The van der Waals surface area contributed by atoms with Gasteiger partial charge in [0.15, 0.2) is 5.78 Å². The summed E-state index contributed by atoms with van der Waals surface area (Å²) in [5.41, 5.74) is 0.493. The van der Waals surface area contributed by atoms with Crippen LogP contribution in [0.3, 0.4) is 0 Å². The fourth-order valence-corrected chi connectivity index (χ4v) is 6.39. The van der Waals surface area contributed by atoms with Crippen molar-refractivity contribution in [2.45, 2.75) is 52.1 Å². The van der Waals surface area contributed by atoms with E-state index in [0.29, 0.717) is 22.8 Å². The van der Waals surface area contributed by atoms with Gasteiger partial charge in [-0.3, -0.25) is 14.9 Å². The maximum Gasteiger partial charge on any atom is 0.272 e. The van der Waals surface area contributed by atoms with Gasteiger partial charge in [0.1, 0.15) is 23.9 Å². The van der Waals surface area contributed by atoms with Gasteiger partial charge in [0.05, 0.1) is 4.92 Å². The molecule has 0 aliphatic heterocycles. The lowest BCUT2D eigenvalue weighted by atomic mass is 9.48. The standard InChI is InChI=1S/C25H27NO5/c1-16-8-21(4-6-23(16)26(28)29)30-15-22-3-2-20(31-22)5-7-24(27)25-12-17-9-18(13-25)11-19(10-17)14-25/h2-8,17-19H,9-15H2,1H3/b7-5+. The number of benzene rings is 1. The Bertz CT molecular complexity index is 1010. The Morgan fingerprint density at radius 2 is 1.84 bits per heavy atom. The van der Waals surface area contributed by atoms with Gasteiger partial charge in [0, 0.05) is 17.0 Å². The number of ketones is 1. The van der Waals surface area contributed by atoms with Gasteiger partial charge in [0.2, 0.25) is 0 Å². The first-order chi connectivity index (χ1) is 14.9. The van der Waals surface area contributed by atoms with E-state index in [1.165, 1.54) is 25.3 Å². The average Bonchev–Trinajstić information content (AvgIpc) is 3.17. The molecule has 6 heteroatoms. The number of aryl methyl sites for hydroxylation is 1. The molecule has 0 radical (unpaired) electrons. The molecular formula is C25H27NO5. The van der Waals surface area contributed by atoms with Crippen molar-refractivity contribution in [2.75, 3.05) is 0 Å². The number of hydrogen-bond acceptors (Lipinski definition) is 5.